The fourth-order valence-electron chi connectivity index (χ4n) is 2.16. The summed E-state index contributed by atoms with van der Waals surface area (Å²) in [7, 11) is 0. The topological polar surface area (TPSA) is 54.4 Å². The maximum absolute atomic E-state index is 12.3. The molecule has 0 bridgehead atoms. The van der Waals surface area contributed by atoms with E-state index in [1.165, 1.54) is 0 Å². The van der Waals surface area contributed by atoms with Gasteiger partial charge >= 0.3 is 0 Å². The molecule has 0 saturated carbocycles. The number of hydrogen-bond acceptors (Lipinski definition) is 3. The molecule has 19 heavy (non-hydrogen) atoms. The minimum Gasteiger partial charge on any atom is -0.374 e. The van der Waals surface area contributed by atoms with Gasteiger partial charge in [0.15, 0.2) is 5.60 Å². The molecule has 3 nitrogen and oxygen atoms in total. The van der Waals surface area contributed by atoms with E-state index in [9.17, 15) is 14.7 Å². The highest BCUT2D eigenvalue weighted by molar-refractivity contribution is 6.32. The van der Waals surface area contributed by atoms with Crippen molar-refractivity contribution in [3.05, 3.63) is 47.5 Å². The lowest BCUT2D eigenvalue weighted by atomic mass is 9.79. The monoisotopic (exact) mass is 258 g/mol. The largest absolute Gasteiger partial charge is 0.374 e. The summed E-state index contributed by atoms with van der Waals surface area (Å²) < 4.78 is 0. The summed E-state index contributed by atoms with van der Waals surface area (Å²) in [6.45, 7) is 9.72. The maximum atomic E-state index is 12.3. The predicted molar refractivity (Wildman–Crippen MR) is 73.3 cm³/mol. The van der Waals surface area contributed by atoms with Crippen LogP contribution in [-0.4, -0.2) is 22.3 Å². The summed E-state index contributed by atoms with van der Waals surface area (Å²) in [6, 6.07) is 6.53. The first-order valence-corrected chi connectivity index (χ1v) is 6.27. The molecule has 1 aliphatic carbocycles. The van der Waals surface area contributed by atoms with Crippen molar-refractivity contribution in [2.24, 2.45) is 5.41 Å². The fourth-order valence-corrected chi connectivity index (χ4v) is 2.16. The lowest BCUT2D eigenvalue weighted by Crippen LogP contribution is -2.42. The summed E-state index contributed by atoms with van der Waals surface area (Å²) in [5.74, 6) is -1.03. The van der Waals surface area contributed by atoms with Crippen LogP contribution in [0.1, 0.15) is 47.9 Å². The molecule has 0 amide bonds. The molecule has 3 heteroatoms. The van der Waals surface area contributed by atoms with Crippen LogP contribution in [0.3, 0.4) is 0 Å². The average molecular weight is 258 g/mol. The third-order valence-electron chi connectivity index (χ3n) is 3.70. The first-order valence-electron chi connectivity index (χ1n) is 6.27. The van der Waals surface area contributed by atoms with Crippen molar-refractivity contribution in [3.8, 4) is 0 Å². The van der Waals surface area contributed by atoms with Crippen molar-refractivity contribution < 1.29 is 14.7 Å². The highest BCUT2D eigenvalue weighted by Crippen LogP contribution is 2.38. The van der Waals surface area contributed by atoms with Crippen LogP contribution in [0.4, 0.5) is 0 Å². The Balaban J connectivity index is 2.40. The second-order valence-corrected chi connectivity index (χ2v) is 6.09. The standard InChI is InChI=1S/C16H18O3/c1-10(15(2,3)4)9-16(19)13(17)11-7-5-6-8-12(11)14(16)18/h5-8,19H,1,9H2,2-4H3. The second kappa shape index (κ2) is 4.14. The molecule has 1 N–H and O–H groups in total. The number of ketones is 2. The summed E-state index contributed by atoms with van der Waals surface area (Å²) in [5.41, 5.74) is -0.947. The van der Waals surface area contributed by atoms with Gasteiger partial charge in [0, 0.05) is 17.5 Å². The van der Waals surface area contributed by atoms with Gasteiger partial charge in [-0.25, -0.2) is 0 Å². The lowest BCUT2D eigenvalue weighted by Gasteiger charge is -2.27. The number of Topliss-reactive ketones (excluding diaryl/α,β-unsaturated/α-hetero) is 2. The third kappa shape index (κ3) is 2.04. The molecule has 0 aliphatic heterocycles. The Hall–Kier alpha value is -1.74. The zero-order valence-corrected chi connectivity index (χ0v) is 11.5. The van der Waals surface area contributed by atoms with Crippen LogP contribution in [-0.2, 0) is 0 Å². The van der Waals surface area contributed by atoms with Crippen LogP contribution in [0.2, 0.25) is 0 Å². The fraction of sp³-hybridized carbons (Fsp3) is 0.375. The first-order chi connectivity index (χ1) is 8.68. The van der Waals surface area contributed by atoms with E-state index >= 15 is 0 Å². The number of carbonyl (C=O) groups excluding carboxylic acids is 2. The smallest absolute Gasteiger partial charge is 0.203 e. The normalized spacial score (nSPS) is 17.5. The number of rotatable bonds is 2. The highest BCUT2D eigenvalue weighted by Gasteiger charge is 2.52. The molecular formula is C16H18O3. The molecule has 0 aromatic heterocycles. The van der Waals surface area contributed by atoms with Gasteiger partial charge in [-0.3, -0.25) is 9.59 Å². The number of benzene rings is 1. The number of hydrogen-bond donors (Lipinski definition) is 1. The second-order valence-electron chi connectivity index (χ2n) is 6.09. The molecule has 0 saturated heterocycles. The Morgan fingerprint density at radius 1 is 1.16 bits per heavy atom. The van der Waals surface area contributed by atoms with E-state index in [1.54, 1.807) is 24.3 Å². The van der Waals surface area contributed by atoms with Gasteiger partial charge in [0.05, 0.1) is 0 Å². The van der Waals surface area contributed by atoms with Crippen molar-refractivity contribution >= 4 is 11.6 Å². The quantitative estimate of drug-likeness (QED) is 0.655. The van der Waals surface area contributed by atoms with Gasteiger partial charge in [0.2, 0.25) is 11.6 Å². The van der Waals surface area contributed by atoms with Crippen molar-refractivity contribution in [2.45, 2.75) is 32.8 Å². The highest BCUT2D eigenvalue weighted by atomic mass is 16.3. The molecule has 0 unspecified atom stereocenters. The molecule has 0 heterocycles. The Bertz CT molecular complexity index is 541. The van der Waals surface area contributed by atoms with Crippen LogP contribution in [0.25, 0.3) is 0 Å². The molecule has 0 fully saturated rings. The van der Waals surface area contributed by atoms with Crippen LogP contribution < -0.4 is 0 Å². The van der Waals surface area contributed by atoms with Crippen LogP contribution in [0.5, 0.6) is 0 Å². The zero-order valence-electron chi connectivity index (χ0n) is 11.5. The molecule has 0 atom stereocenters. The Morgan fingerprint density at radius 3 is 1.95 bits per heavy atom. The van der Waals surface area contributed by atoms with Gasteiger partial charge in [0.1, 0.15) is 0 Å². The van der Waals surface area contributed by atoms with Crippen LogP contribution >= 0.6 is 0 Å². The van der Waals surface area contributed by atoms with Gasteiger partial charge in [-0.15, -0.1) is 0 Å². The van der Waals surface area contributed by atoms with Crippen molar-refractivity contribution in [2.75, 3.05) is 0 Å². The Kier molecular flexibility index (Phi) is 2.98. The van der Waals surface area contributed by atoms with E-state index in [1.807, 2.05) is 20.8 Å². The van der Waals surface area contributed by atoms with Gasteiger partial charge in [-0.1, -0.05) is 57.2 Å². The van der Waals surface area contributed by atoms with E-state index < -0.39 is 17.2 Å². The van der Waals surface area contributed by atoms with E-state index in [0.29, 0.717) is 16.7 Å². The lowest BCUT2D eigenvalue weighted by molar-refractivity contribution is 0.0321. The average Bonchev–Trinajstić information content (AvgIpc) is 2.52. The van der Waals surface area contributed by atoms with E-state index in [2.05, 4.69) is 6.58 Å². The van der Waals surface area contributed by atoms with Crippen molar-refractivity contribution in [1.29, 1.82) is 0 Å². The van der Waals surface area contributed by atoms with E-state index in [0.717, 1.165) is 0 Å². The van der Waals surface area contributed by atoms with Crippen molar-refractivity contribution in [3.63, 3.8) is 0 Å². The Morgan fingerprint density at radius 2 is 1.58 bits per heavy atom. The summed E-state index contributed by atoms with van der Waals surface area (Å²) >= 11 is 0. The molecule has 0 radical (unpaired) electrons. The summed E-state index contributed by atoms with van der Waals surface area (Å²) in [5, 5.41) is 10.5. The molecule has 1 aromatic rings. The minimum atomic E-state index is -1.98. The van der Waals surface area contributed by atoms with Gasteiger partial charge in [-0.2, -0.15) is 0 Å². The zero-order chi connectivity index (χ0) is 14.4. The van der Waals surface area contributed by atoms with Crippen molar-refractivity contribution in [1.82, 2.24) is 0 Å². The molecule has 1 aromatic carbocycles. The molecule has 1 aliphatic rings. The van der Waals surface area contributed by atoms with Crippen LogP contribution in [0.15, 0.2) is 36.4 Å². The molecule has 100 valence electrons. The van der Waals surface area contributed by atoms with Gasteiger partial charge in [-0.05, 0) is 5.41 Å². The Labute approximate surface area is 113 Å². The summed E-state index contributed by atoms with van der Waals surface area (Å²) in [6.07, 6.45) is -0.0250. The molecule has 2 rings (SSSR count). The maximum Gasteiger partial charge on any atom is 0.203 e. The van der Waals surface area contributed by atoms with E-state index in [-0.39, 0.29) is 11.8 Å². The predicted octanol–water partition coefficient (Wildman–Crippen LogP) is 2.79. The number of aliphatic hydroxyl groups is 1. The third-order valence-corrected chi connectivity index (χ3v) is 3.70. The SMILES string of the molecule is C=C(CC1(O)C(=O)c2ccccc2C1=O)C(C)(C)C. The van der Waals surface area contributed by atoms with E-state index in [4.69, 9.17) is 0 Å². The van der Waals surface area contributed by atoms with Gasteiger partial charge in [0.25, 0.3) is 0 Å². The van der Waals surface area contributed by atoms with Crippen LogP contribution in [0, 0.1) is 5.41 Å². The molecule has 0 spiro atoms. The number of fused-ring (bicyclic) bond motifs is 1. The first kappa shape index (κ1) is 13.7. The molecular weight excluding hydrogens is 240 g/mol. The number of carbonyl (C=O) groups is 2. The summed E-state index contributed by atoms with van der Waals surface area (Å²) in [4.78, 5) is 24.6. The van der Waals surface area contributed by atoms with Gasteiger partial charge < -0.3 is 5.11 Å². The minimum absolute atomic E-state index is 0.0250.